The summed E-state index contributed by atoms with van der Waals surface area (Å²) in [5.41, 5.74) is 1.06. The van der Waals surface area contributed by atoms with E-state index in [0.717, 1.165) is 29.6 Å². The highest BCUT2D eigenvalue weighted by Gasteiger charge is 2.28. The molecule has 0 spiro atoms. The number of rotatable bonds is 6. The van der Waals surface area contributed by atoms with Crippen molar-refractivity contribution in [2.45, 2.75) is 25.7 Å². The SMILES string of the molecule is CNc1nc(C2CC2)nc(NCCOC)c1C. The van der Waals surface area contributed by atoms with E-state index in [1.807, 2.05) is 14.0 Å². The highest BCUT2D eigenvalue weighted by Crippen LogP contribution is 2.39. The molecule has 1 aliphatic carbocycles. The van der Waals surface area contributed by atoms with Gasteiger partial charge >= 0.3 is 0 Å². The van der Waals surface area contributed by atoms with Gasteiger partial charge in [-0.2, -0.15) is 0 Å². The summed E-state index contributed by atoms with van der Waals surface area (Å²) < 4.78 is 5.03. The van der Waals surface area contributed by atoms with Crippen LogP contribution < -0.4 is 10.6 Å². The molecule has 2 N–H and O–H groups in total. The smallest absolute Gasteiger partial charge is 0.136 e. The van der Waals surface area contributed by atoms with Crippen LogP contribution >= 0.6 is 0 Å². The Bertz CT molecular complexity index is 390. The van der Waals surface area contributed by atoms with Crippen LogP contribution in [0.3, 0.4) is 0 Å². The number of hydrogen-bond acceptors (Lipinski definition) is 5. The highest BCUT2D eigenvalue weighted by atomic mass is 16.5. The van der Waals surface area contributed by atoms with Crippen LogP contribution in [0.1, 0.15) is 30.1 Å². The number of methoxy groups -OCH3 is 1. The standard InChI is InChI=1S/C12H20N4O/c1-8-10(13-2)15-12(9-4-5-9)16-11(8)14-6-7-17-3/h9H,4-7H2,1-3H3,(H2,13,14,15,16). The Labute approximate surface area is 102 Å². The van der Waals surface area contributed by atoms with Crippen LogP contribution in [0.2, 0.25) is 0 Å². The molecule has 1 heterocycles. The summed E-state index contributed by atoms with van der Waals surface area (Å²) in [4.78, 5) is 9.15. The van der Waals surface area contributed by atoms with Crippen molar-refractivity contribution < 1.29 is 4.74 Å². The lowest BCUT2D eigenvalue weighted by atomic mass is 10.2. The summed E-state index contributed by atoms with van der Waals surface area (Å²) in [6, 6.07) is 0. The number of nitrogens with one attached hydrogen (secondary N) is 2. The molecule has 1 aromatic rings. The van der Waals surface area contributed by atoms with E-state index in [2.05, 4.69) is 20.6 Å². The number of anilines is 2. The monoisotopic (exact) mass is 236 g/mol. The van der Waals surface area contributed by atoms with Crippen LogP contribution in [-0.2, 0) is 4.74 Å². The largest absolute Gasteiger partial charge is 0.383 e. The van der Waals surface area contributed by atoms with Crippen molar-refractivity contribution in [3.05, 3.63) is 11.4 Å². The molecule has 0 atom stereocenters. The molecule has 5 nitrogen and oxygen atoms in total. The van der Waals surface area contributed by atoms with Gasteiger partial charge in [0.15, 0.2) is 0 Å². The van der Waals surface area contributed by atoms with E-state index < -0.39 is 0 Å². The molecule has 0 aromatic carbocycles. The predicted molar refractivity (Wildman–Crippen MR) is 68.7 cm³/mol. The number of ether oxygens (including phenoxy) is 1. The Balaban J connectivity index is 2.18. The van der Waals surface area contributed by atoms with Crippen molar-refractivity contribution in [3.8, 4) is 0 Å². The molecule has 0 unspecified atom stereocenters. The molecule has 1 aromatic heterocycles. The van der Waals surface area contributed by atoms with Gasteiger partial charge in [-0.25, -0.2) is 9.97 Å². The molecule has 94 valence electrons. The molecular formula is C12H20N4O. The Morgan fingerprint density at radius 3 is 2.59 bits per heavy atom. The second-order valence-electron chi connectivity index (χ2n) is 4.35. The molecule has 0 aliphatic heterocycles. The van der Waals surface area contributed by atoms with E-state index in [1.54, 1.807) is 7.11 Å². The first-order chi connectivity index (χ1) is 8.26. The van der Waals surface area contributed by atoms with E-state index in [9.17, 15) is 0 Å². The maximum Gasteiger partial charge on any atom is 0.136 e. The first-order valence-corrected chi connectivity index (χ1v) is 6.05. The van der Waals surface area contributed by atoms with Crippen LogP contribution in [-0.4, -0.2) is 37.3 Å². The lowest BCUT2D eigenvalue weighted by Gasteiger charge is -2.13. The zero-order chi connectivity index (χ0) is 12.3. The molecule has 1 aliphatic rings. The first-order valence-electron chi connectivity index (χ1n) is 6.05. The zero-order valence-corrected chi connectivity index (χ0v) is 10.7. The fourth-order valence-electron chi connectivity index (χ4n) is 1.75. The molecule has 0 amide bonds. The Morgan fingerprint density at radius 2 is 2.00 bits per heavy atom. The third kappa shape index (κ3) is 2.85. The average Bonchev–Trinajstić information content (AvgIpc) is 3.15. The van der Waals surface area contributed by atoms with E-state index in [-0.39, 0.29) is 0 Å². The minimum Gasteiger partial charge on any atom is -0.383 e. The second kappa shape index (κ2) is 5.31. The van der Waals surface area contributed by atoms with Crippen molar-refractivity contribution in [2.75, 3.05) is 37.9 Å². The first kappa shape index (κ1) is 12.1. The maximum atomic E-state index is 5.03. The van der Waals surface area contributed by atoms with Gasteiger partial charge in [-0.15, -0.1) is 0 Å². The minimum absolute atomic E-state index is 0.561. The fourth-order valence-corrected chi connectivity index (χ4v) is 1.75. The van der Waals surface area contributed by atoms with Gasteiger partial charge in [0.2, 0.25) is 0 Å². The van der Waals surface area contributed by atoms with Crippen LogP contribution in [0, 0.1) is 6.92 Å². The minimum atomic E-state index is 0.561. The fraction of sp³-hybridized carbons (Fsp3) is 0.667. The molecule has 17 heavy (non-hydrogen) atoms. The van der Waals surface area contributed by atoms with Gasteiger partial charge in [-0.1, -0.05) is 0 Å². The molecule has 1 fully saturated rings. The quantitative estimate of drug-likeness (QED) is 0.737. The maximum absolute atomic E-state index is 5.03. The molecule has 2 rings (SSSR count). The molecule has 5 heteroatoms. The second-order valence-corrected chi connectivity index (χ2v) is 4.35. The normalized spacial score (nSPS) is 14.8. The van der Waals surface area contributed by atoms with Crippen molar-refractivity contribution in [2.24, 2.45) is 0 Å². The van der Waals surface area contributed by atoms with Crippen LogP contribution in [0.4, 0.5) is 11.6 Å². The Kier molecular flexibility index (Phi) is 3.78. The van der Waals surface area contributed by atoms with Crippen molar-refractivity contribution in [3.63, 3.8) is 0 Å². The molecular weight excluding hydrogens is 216 g/mol. The van der Waals surface area contributed by atoms with E-state index in [0.29, 0.717) is 12.5 Å². The van der Waals surface area contributed by atoms with Gasteiger partial charge in [-0.3, -0.25) is 0 Å². The van der Waals surface area contributed by atoms with Crippen molar-refractivity contribution in [1.82, 2.24) is 9.97 Å². The summed E-state index contributed by atoms with van der Waals surface area (Å²) in [5.74, 6) is 3.36. The van der Waals surface area contributed by atoms with E-state index in [1.165, 1.54) is 12.8 Å². The molecule has 0 radical (unpaired) electrons. The average molecular weight is 236 g/mol. The topological polar surface area (TPSA) is 59.1 Å². The summed E-state index contributed by atoms with van der Waals surface area (Å²) in [6.07, 6.45) is 2.42. The summed E-state index contributed by atoms with van der Waals surface area (Å²) in [5, 5.41) is 6.42. The van der Waals surface area contributed by atoms with Crippen LogP contribution in [0.25, 0.3) is 0 Å². The summed E-state index contributed by atoms with van der Waals surface area (Å²) >= 11 is 0. The van der Waals surface area contributed by atoms with Crippen molar-refractivity contribution in [1.29, 1.82) is 0 Å². The third-order valence-electron chi connectivity index (χ3n) is 2.94. The predicted octanol–water partition coefficient (Wildman–Crippen LogP) is 1.76. The Morgan fingerprint density at radius 1 is 1.29 bits per heavy atom. The van der Waals surface area contributed by atoms with Gasteiger partial charge in [0.1, 0.15) is 17.5 Å². The number of hydrogen-bond donors (Lipinski definition) is 2. The number of aromatic nitrogens is 2. The summed E-state index contributed by atoms with van der Waals surface area (Å²) in [6.45, 7) is 3.47. The number of nitrogens with zero attached hydrogens (tertiary/aromatic N) is 2. The molecule has 0 bridgehead atoms. The molecule has 1 saturated carbocycles. The lowest BCUT2D eigenvalue weighted by Crippen LogP contribution is -2.13. The van der Waals surface area contributed by atoms with Crippen LogP contribution in [0.5, 0.6) is 0 Å². The highest BCUT2D eigenvalue weighted by molar-refractivity contribution is 5.57. The Hall–Kier alpha value is -1.36. The third-order valence-corrected chi connectivity index (χ3v) is 2.94. The van der Waals surface area contributed by atoms with Crippen LogP contribution in [0.15, 0.2) is 0 Å². The van der Waals surface area contributed by atoms with Gasteiger partial charge < -0.3 is 15.4 Å². The zero-order valence-electron chi connectivity index (χ0n) is 10.7. The van der Waals surface area contributed by atoms with Gasteiger partial charge in [0.05, 0.1) is 6.61 Å². The van der Waals surface area contributed by atoms with Gasteiger partial charge in [-0.05, 0) is 19.8 Å². The van der Waals surface area contributed by atoms with Gasteiger partial charge in [0, 0.05) is 32.2 Å². The van der Waals surface area contributed by atoms with Crippen molar-refractivity contribution >= 4 is 11.6 Å². The van der Waals surface area contributed by atoms with Gasteiger partial charge in [0.25, 0.3) is 0 Å². The van der Waals surface area contributed by atoms with E-state index in [4.69, 9.17) is 4.74 Å². The van der Waals surface area contributed by atoms with E-state index >= 15 is 0 Å². The summed E-state index contributed by atoms with van der Waals surface area (Å²) in [7, 11) is 3.59. The molecule has 0 saturated heterocycles. The lowest BCUT2D eigenvalue weighted by molar-refractivity contribution is 0.210.